The van der Waals surface area contributed by atoms with Gasteiger partial charge in [-0.3, -0.25) is 0 Å². The fourth-order valence-corrected chi connectivity index (χ4v) is 2.09. The fourth-order valence-electron chi connectivity index (χ4n) is 2.03. The van der Waals surface area contributed by atoms with Crippen LogP contribution in [-0.2, 0) is 0 Å². The number of benzene rings is 2. The molecular weight excluding hydrogens is 258 g/mol. The van der Waals surface area contributed by atoms with Gasteiger partial charge in [-0.2, -0.15) is 0 Å². The van der Waals surface area contributed by atoms with Crippen LogP contribution in [0.4, 0.5) is 5.69 Å². The zero-order valence-electron chi connectivity index (χ0n) is 10.2. The van der Waals surface area contributed by atoms with Crippen molar-refractivity contribution in [3.05, 3.63) is 48.5 Å². The number of fused-ring (bicyclic) bond motifs is 2. The molecule has 2 N–H and O–H groups in total. The van der Waals surface area contributed by atoms with Crippen LogP contribution in [0.25, 0.3) is 21.8 Å². The topological polar surface area (TPSA) is 51.3 Å². The summed E-state index contributed by atoms with van der Waals surface area (Å²) in [4.78, 5) is 8.85. The predicted molar refractivity (Wildman–Crippen MR) is 81.3 cm³/mol. The number of alkyl halides is 1. The monoisotopic (exact) mass is 269 g/mol. The molecule has 0 amide bonds. The summed E-state index contributed by atoms with van der Waals surface area (Å²) >= 11 is 5.63. The van der Waals surface area contributed by atoms with E-state index < -0.39 is 0 Å². The minimum Gasteiger partial charge on any atom is -0.386 e. The van der Waals surface area contributed by atoms with Crippen molar-refractivity contribution >= 4 is 44.9 Å². The fraction of sp³-hybridized carbons (Fsp3) is 0.0667. The third-order valence-corrected chi connectivity index (χ3v) is 3.18. The van der Waals surface area contributed by atoms with E-state index in [1.807, 2.05) is 42.5 Å². The lowest BCUT2D eigenvalue weighted by molar-refractivity contribution is 1.44. The van der Waals surface area contributed by atoms with Crippen LogP contribution < -0.4 is 5.73 Å². The number of aromatic nitrogens is 1. The van der Waals surface area contributed by atoms with Gasteiger partial charge in [-0.05, 0) is 30.3 Å². The van der Waals surface area contributed by atoms with E-state index in [-0.39, 0.29) is 5.88 Å². The molecule has 0 radical (unpaired) electrons. The molecular formula is C15H12ClN3. The normalized spacial score (nSPS) is 12.2. The summed E-state index contributed by atoms with van der Waals surface area (Å²) in [5.74, 6) is 0.642. The van der Waals surface area contributed by atoms with Crippen LogP contribution in [0.3, 0.4) is 0 Å². The second kappa shape index (κ2) is 4.86. The van der Waals surface area contributed by atoms with Gasteiger partial charge in [0.25, 0.3) is 0 Å². The largest absolute Gasteiger partial charge is 0.386 e. The smallest absolute Gasteiger partial charge is 0.115 e. The summed E-state index contributed by atoms with van der Waals surface area (Å²) in [5, 5.41) is 2.16. The first-order chi connectivity index (χ1) is 9.26. The number of hydrogen-bond donors (Lipinski definition) is 1. The van der Waals surface area contributed by atoms with Crippen molar-refractivity contribution in [1.82, 2.24) is 4.98 Å². The molecule has 0 aliphatic carbocycles. The number of aliphatic imine (C=N–C) groups is 1. The third-order valence-electron chi connectivity index (χ3n) is 2.91. The van der Waals surface area contributed by atoms with E-state index in [1.165, 1.54) is 0 Å². The van der Waals surface area contributed by atoms with E-state index in [1.54, 1.807) is 0 Å². The molecule has 3 nitrogen and oxygen atoms in total. The molecule has 4 heteroatoms. The highest BCUT2D eigenvalue weighted by Crippen LogP contribution is 2.23. The number of amidine groups is 1. The minimum atomic E-state index is 0.230. The Bertz CT molecular complexity index is 781. The zero-order valence-corrected chi connectivity index (χ0v) is 10.9. The van der Waals surface area contributed by atoms with Crippen molar-refractivity contribution in [2.75, 3.05) is 5.88 Å². The Balaban J connectivity index is 2.19. The summed E-state index contributed by atoms with van der Waals surface area (Å²) in [7, 11) is 0. The number of hydrogen-bond acceptors (Lipinski definition) is 2. The zero-order chi connectivity index (χ0) is 13.2. The van der Waals surface area contributed by atoms with Gasteiger partial charge in [0.15, 0.2) is 0 Å². The summed E-state index contributed by atoms with van der Waals surface area (Å²) in [6, 6.07) is 16.0. The van der Waals surface area contributed by atoms with Gasteiger partial charge in [-0.1, -0.05) is 18.2 Å². The first-order valence-corrected chi connectivity index (χ1v) is 6.48. The lowest BCUT2D eigenvalue weighted by atomic mass is 10.1. The second-order valence-corrected chi connectivity index (χ2v) is 4.56. The van der Waals surface area contributed by atoms with E-state index >= 15 is 0 Å². The lowest BCUT2D eigenvalue weighted by Gasteiger charge is -2.03. The van der Waals surface area contributed by atoms with Crippen LogP contribution in [0.5, 0.6) is 0 Å². The summed E-state index contributed by atoms with van der Waals surface area (Å²) < 4.78 is 0. The van der Waals surface area contributed by atoms with Crippen LogP contribution >= 0.6 is 11.6 Å². The van der Waals surface area contributed by atoms with Crippen molar-refractivity contribution in [3.63, 3.8) is 0 Å². The standard InChI is InChI=1S/C15H12ClN3/c16-9-15(17)18-12-5-6-14-11(8-12)7-10-3-1-2-4-13(10)19-14/h1-8H,9H2,(H2,17,18). The van der Waals surface area contributed by atoms with E-state index in [9.17, 15) is 0 Å². The highest BCUT2D eigenvalue weighted by Gasteiger charge is 2.01. The molecule has 0 unspecified atom stereocenters. The molecule has 0 saturated heterocycles. The molecule has 0 atom stereocenters. The number of nitrogens with two attached hydrogens (primary N) is 1. The molecule has 3 rings (SSSR count). The minimum absolute atomic E-state index is 0.230. The van der Waals surface area contributed by atoms with Crippen molar-refractivity contribution in [3.8, 4) is 0 Å². The van der Waals surface area contributed by atoms with Crippen molar-refractivity contribution in [2.45, 2.75) is 0 Å². The molecule has 1 heterocycles. The van der Waals surface area contributed by atoms with Gasteiger partial charge < -0.3 is 5.73 Å². The Kier molecular flexibility index (Phi) is 3.05. The maximum absolute atomic E-state index is 5.64. The number of rotatable bonds is 2. The lowest BCUT2D eigenvalue weighted by Crippen LogP contribution is -2.12. The second-order valence-electron chi connectivity index (χ2n) is 4.29. The number of nitrogens with zero attached hydrogens (tertiary/aromatic N) is 2. The number of pyridine rings is 1. The Morgan fingerprint density at radius 2 is 1.84 bits per heavy atom. The Labute approximate surface area is 115 Å². The first-order valence-electron chi connectivity index (χ1n) is 5.95. The molecule has 19 heavy (non-hydrogen) atoms. The molecule has 0 aliphatic heterocycles. The number of halogens is 1. The van der Waals surface area contributed by atoms with E-state index in [4.69, 9.17) is 17.3 Å². The van der Waals surface area contributed by atoms with E-state index in [0.717, 1.165) is 27.5 Å². The Morgan fingerprint density at radius 3 is 2.68 bits per heavy atom. The van der Waals surface area contributed by atoms with Gasteiger partial charge >= 0.3 is 0 Å². The Morgan fingerprint density at radius 1 is 1.05 bits per heavy atom. The maximum atomic E-state index is 5.64. The SMILES string of the molecule is NC(CCl)=Nc1ccc2nc3ccccc3cc2c1. The van der Waals surface area contributed by atoms with Crippen LogP contribution in [-0.4, -0.2) is 16.7 Å². The van der Waals surface area contributed by atoms with Crippen LogP contribution in [0.2, 0.25) is 0 Å². The molecule has 94 valence electrons. The summed E-state index contributed by atoms with van der Waals surface area (Å²) in [5.41, 5.74) is 8.37. The number of para-hydroxylation sites is 1. The van der Waals surface area contributed by atoms with Gasteiger partial charge in [-0.15, -0.1) is 11.6 Å². The van der Waals surface area contributed by atoms with Crippen molar-refractivity contribution in [2.24, 2.45) is 10.7 Å². The van der Waals surface area contributed by atoms with Gasteiger partial charge in [0.2, 0.25) is 0 Å². The maximum Gasteiger partial charge on any atom is 0.115 e. The molecule has 0 fully saturated rings. The molecule has 2 aromatic carbocycles. The summed E-state index contributed by atoms with van der Waals surface area (Å²) in [6.07, 6.45) is 0. The van der Waals surface area contributed by atoms with Gasteiger partial charge in [0, 0.05) is 10.8 Å². The van der Waals surface area contributed by atoms with Crippen LogP contribution in [0, 0.1) is 0 Å². The van der Waals surface area contributed by atoms with E-state index in [2.05, 4.69) is 16.0 Å². The average Bonchev–Trinajstić information content (AvgIpc) is 2.45. The molecule has 1 aromatic heterocycles. The quantitative estimate of drug-likeness (QED) is 0.334. The van der Waals surface area contributed by atoms with Gasteiger partial charge in [0.05, 0.1) is 22.6 Å². The molecule has 0 aliphatic rings. The molecule has 0 saturated carbocycles. The van der Waals surface area contributed by atoms with Crippen molar-refractivity contribution in [1.29, 1.82) is 0 Å². The third kappa shape index (κ3) is 2.37. The van der Waals surface area contributed by atoms with Gasteiger partial charge in [0.1, 0.15) is 5.84 Å². The van der Waals surface area contributed by atoms with Crippen LogP contribution in [0.1, 0.15) is 0 Å². The molecule has 0 bridgehead atoms. The first kappa shape index (κ1) is 11.9. The Hall–Kier alpha value is -2.13. The average molecular weight is 270 g/mol. The van der Waals surface area contributed by atoms with Gasteiger partial charge in [-0.25, -0.2) is 9.98 Å². The molecule has 3 aromatic rings. The predicted octanol–water partition coefficient (Wildman–Crippen LogP) is 3.62. The molecule has 0 spiro atoms. The van der Waals surface area contributed by atoms with Crippen molar-refractivity contribution < 1.29 is 0 Å². The highest BCUT2D eigenvalue weighted by atomic mass is 35.5. The van der Waals surface area contributed by atoms with E-state index in [0.29, 0.717) is 5.84 Å². The van der Waals surface area contributed by atoms with Crippen LogP contribution in [0.15, 0.2) is 53.5 Å². The highest BCUT2D eigenvalue weighted by molar-refractivity contribution is 6.28. The summed E-state index contributed by atoms with van der Waals surface area (Å²) in [6.45, 7) is 0.